The van der Waals surface area contributed by atoms with Crippen LogP contribution in [0.4, 0.5) is 5.69 Å². The average molecular weight is 394 g/mol. The third kappa shape index (κ3) is 5.66. The molecule has 5 nitrogen and oxygen atoms in total. The van der Waals surface area contributed by atoms with Crippen molar-refractivity contribution < 1.29 is 9.59 Å². The van der Waals surface area contributed by atoms with Crippen molar-refractivity contribution in [1.82, 2.24) is 10.3 Å². The maximum Gasteiger partial charge on any atom is 0.253 e. The zero-order chi connectivity index (χ0) is 19.8. The Hall–Kier alpha value is -3.18. The number of nitrogens with zero attached hydrogens (tertiary/aromatic N) is 1. The first kappa shape index (κ1) is 19.6. The number of amides is 2. The van der Waals surface area contributed by atoms with Crippen molar-refractivity contribution in [3.63, 3.8) is 0 Å². The smallest absolute Gasteiger partial charge is 0.253 e. The summed E-state index contributed by atoms with van der Waals surface area (Å²) >= 11 is 6.11. The van der Waals surface area contributed by atoms with Crippen molar-refractivity contribution in [3.05, 3.63) is 94.8 Å². The molecule has 6 heteroatoms. The standard InChI is InChI=1S/C22H20ClN3O2/c23-20-6-2-1-4-17(20)9-12-21(27)26-19-10-7-16(8-11-19)14-25-22(28)18-5-3-13-24-15-18/h1-8,10-11,13,15H,9,12,14H2,(H,25,28)(H,26,27). The Morgan fingerprint density at radius 1 is 0.964 bits per heavy atom. The lowest BCUT2D eigenvalue weighted by molar-refractivity contribution is -0.116. The molecule has 0 spiro atoms. The lowest BCUT2D eigenvalue weighted by atomic mass is 10.1. The summed E-state index contributed by atoms with van der Waals surface area (Å²) in [5, 5.41) is 6.39. The van der Waals surface area contributed by atoms with Gasteiger partial charge < -0.3 is 10.6 Å². The first-order chi connectivity index (χ1) is 13.6. The molecule has 0 saturated heterocycles. The second-order valence-corrected chi connectivity index (χ2v) is 6.67. The molecular weight excluding hydrogens is 374 g/mol. The van der Waals surface area contributed by atoms with E-state index >= 15 is 0 Å². The predicted octanol–water partition coefficient (Wildman–Crippen LogP) is 4.24. The first-order valence-corrected chi connectivity index (χ1v) is 9.30. The van der Waals surface area contributed by atoms with E-state index in [-0.39, 0.29) is 11.8 Å². The van der Waals surface area contributed by atoms with Crippen LogP contribution in [0, 0.1) is 0 Å². The van der Waals surface area contributed by atoms with Crippen LogP contribution in [0.15, 0.2) is 73.1 Å². The third-order valence-corrected chi connectivity index (χ3v) is 4.56. The molecular formula is C22H20ClN3O2. The quantitative estimate of drug-likeness (QED) is 0.630. The highest BCUT2D eigenvalue weighted by Crippen LogP contribution is 2.17. The van der Waals surface area contributed by atoms with Gasteiger partial charge in [-0.2, -0.15) is 0 Å². The van der Waals surface area contributed by atoms with Gasteiger partial charge >= 0.3 is 0 Å². The summed E-state index contributed by atoms with van der Waals surface area (Å²) in [7, 11) is 0. The minimum Gasteiger partial charge on any atom is -0.348 e. The number of aryl methyl sites for hydroxylation is 1. The van der Waals surface area contributed by atoms with E-state index < -0.39 is 0 Å². The molecule has 0 atom stereocenters. The molecule has 28 heavy (non-hydrogen) atoms. The third-order valence-electron chi connectivity index (χ3n) is 4.19. The number of pyridine rings is 1. The number of carbonyl (C=O) groups is 2. The summed E-state index contributed by atoms with van der Waals surface area (Å²) in [5.74, 6) is -0.248. The van der Waals surface area contributed by atoms with Gasteiger partial charge in [0.25, 0.3) is 5.91 Å². The molecule has 1 aromatic heterocycles. The fraction of sp³-hybridized carbons (Fsp3) is 0.136. The van der Waals surface area contributed by atoms with Gasteiger partial charge in [0.05, 0.1) is 5.56 Å². The van der Waals surface area contributed by atoms with E-state index in [1.807, 2.05) is 48.5 Å². The van der Waals surface area contributed by atoms with Gasteiger partial charge in [0.2, 0.25) is 5.91 Å². The molecule has 0 fully saturated rings. The molecule has 1 heterocycles. The van der Waals surface area contributed by atoms with Crippen LogP contribution in [0.5, 0.6) is 0 Å². The molecule has 0 aliphatic carbocycles. The van der Waals surface area contributed by atoms with Crippen molar-refractivity contribution in [2.45, 2.75) is 19.4 Å². The maximum atomic E-state index is 12.1. The van der Waals surface area contributed by atoms with Crippen molar-refractivity contribution in [1.29, 1.82) is 0 Å². The number of hydrogen-bond donors (Lipinski definition) is 2. The number of anilines is 1. The molecule has 0 aliphatic heterocycles. The van der Waals surface area contributed by atoms with Crippen LogP contribution in [-0.2, 0) is 17.8 Å². The molecule has 2 amide bonds. The Morgan fingerprint density at radius 2 is 1.75 bits per heavy atom. The van der Waals surface area contributed by atoms with Gasteiger partial charge in [-0.1, -0.05) is 41.9 Å². The summed E-state index contributed by atoms with van der Waals surface area (Å²) in [6, 6.07) is 18.3. The molecule has 0 aliphatic rings. The molecule has 3 rings (SSSR count). The molecule has 142 valence electrons. The van der Waals surface area contributed by atoms with Crippen LogP contribution in [0.2, 0.25) is 5.02 Å². The number of carbonyl (C=O) groups excluding carboxylic acids is 2. The molecule has 2 N–H and O–H groups in total. The molecule has 0 radical (unpaired) electrons. The van der Waals surface area contributed by atoms with Gasteiger partial charge in [0, 0.05) is 36.1 Å². The largest absolute Gasteiger partial charge is 0.348 e. The van der Waals surface area contributed by atoms with Crippen molar-refractivity contribution in [2.75, 3.05) is 5.32 Å². The van der Waals surface area contributed by atoms with Crippen LogP contribution < -0.4 is 10.6 Å². The SMILES string of the molecule is O=C(CCc1ccccc1Cl)Nc1ccc(CNC(=O)c2cccnc2)cc1. The topological polar surface area (TPSA) is 71.1 Å². The monoisotopic (exact) mass is 393 g/mol. The first-order valence-electron chi connectivity index (χ1n) is 8.92. The van der Waals surface area contributed by atoms with Crippen LogP contribution in [0.1, 0.15) is 27.9 Å². The molecule has 0 saturated carbocycles. The van der Waals surface area contributed by atoms with Crippen LogP contribution in [0.3, 0.4) is 0 Å². The van der Waals surface area contributed by atoms with Crippen molar-refractivity contribution >= 4 is 29.1 Å². The van der Waals surface area contributed by atoms with Gasteiger partial charge in [-0.3, -0.25) is 14.6 Å². The van der Waals surface area contributed by atoms with Gasteiger partial charge in [-0.25, -0.2) is 0 Å². The van der Waals surface area contributed by atoms with Crippen LogP contribution in [0.25, 0.3) is 0 Å². The lowest BCUT2D eigenvalue weighted by Gasteiger charge is -2.08. The Kier molecular flexibility index (Phi) is 6.76. The Balaban J connectivity index is 1.47. The van der Waals surface area contributed by atoms with E-state index in [1.165, 1.54) is 6.20 Å². The van der Waals surface area contributed by atoms with Crippen LogP contribution in [-0.4, -0.2) is 16.8 Å². The van der Waals surface area contributed by atoms with E-state index in [4.69, 9.17) is 11.6 Å². The van der Waals surface area contributed by atoms with E-state index in [2.05, 4.69) is 15.6 Å². The normalized spacial score (nSPS) is 10.3. The van der Waals surface area contributed by atoms with E-state index in [1.54, 1.807) is 18.3 Å². The van der Waals surface area contributed by atoms with Crippen LogP contribution >= 0.6 is 11.6 Å². The minimum atomic E-state index is -0.176. The fourth-order valence-electron chi connectivity index (χ4n) is 2.66. The zero-order valence-electron chi connectivity index (χ0n) is 15.2. The zero-order valence-corrected chi connectivity index (χ0v) is 15.9. The Bertz CT molecular complexity index is 944. The average Bonchev–Trinajstić information content (AvgIpc) is 2.73. The molecule has 3 aromatic rings. The van der Waals surface area contributed by atoms with Gasteiger partial charge in [-0.05, 0) is 47.9 Å². The predicted molar refractivity (Wildman–Crippen MR) is 110 cm³/mol. The number of benzene rings is 2. The van der Waals surface area contributed by atoms with E-state index in [9.17, 15) is 9.59 Å². The lowest BCUT2D eigenvalue weighted by Crippen LogP contribution is -2.22. The summed E-state index contributed by atoms with van der Waals surface area (Å²) in [6.45, 7) is 0.397. The number of halogens is 1. The Labute approximate surface area is 168 Å². The molecule has 0 bridgehead atoms. The highest BCUT2D eigenvalue weighted by Gasteiger charge is 2.07. The minimum absolute atomic E-state index is 0.0717. The van der Waals surface area contributed by atoms with Gasteiger partial charge in [0.15, 0.2) is 0 Å². The number of aromatic nitrogens is 1. The van der Waals surface area contributed by atoms with Crippen molar-refractivity contribution in [3.8, 4) is 0 Å². The van der Waals surface area contributed by atoms with Crippen molar-refractivity contribution in [2.24, 2.45) is 0 Å². The maximum absolute atomic E-state index is 12.1. The molecule has 2 aromatic carbocycles. The number of rotatable bonds is 7. The highest BCUT2D eigenvalue weighted by molar-refractivity contribution is 6.31. The summed E-state index contributed by atoms with van der Waals surface area (Å²) in [5.41, 5.74) is 3.13. The van der Waals surface area contributed by atoms with Gasteiger partial charge in [0.1, 0.15) is 0 Å². The highest BCUT2D eigenvalue weighted by atomic mass is 35.5. The van der Waals surface area contributed by atoms with E-state index in [0.717, 1.165) is 11.1 Å². The summed E-state index contributed by atoms with van der Waals surface area (Å²) in [4.78, 5) is 28.1. The number of hydrogen-bond acceptors (Lipinski definition) is 3. The second-order valence-electron chi connectivity index (χ2n) is 6.26. The fourth-order valence-corrected chi connectivity index (χ4v) is 2.89. The second kappa shape index (κ2) is 9.67. The number of nitrogens with one attached hydrogen (secondary N) is 2. The molecule has 0 unspecified atom stereocenters. The summed E-state index contributed by atoms with van der Waals surface area (Å²) in [6.07, 6.45) is 4.09. The summed E-state index contributed by atoms with van der Waals surface area (Å²) < 4.78 is 0. The Morgan fingerprint density at radius 3 is 2.46 bits per heavy atom. The van der Waals surface area contributed by atoms with Gasteiger partial charge in [-0.15, -0.1) is 0 Å². The van der Waals surface area contributed by atoms with E-state index in [0.29, 0.717) is 35.7 Å².